The van der Waals surface area contributed by atoms with Crippen LogP contribution >= 0.6 is 11.6 Å². The molecule has 1 aromatic heterocycles. The maximum absolute atomic E-state index is 13.2. The predicted octanol–water partition coefficient (Wildman–Crippen LogP) is 5.24. The second-order valence-electron chi connectivity index (χ2n) is 7.66. The van der Waals surface area contributed by atoms with Gasteiger partial charge in [0.25, 0.3) is 0 Å². The number of hydrogen-bond donors (Lipinski definition) is 0. The van der Waals surface area contributed by atoms with Crippen molar-refractivity contribution in [3.63, 3.8) is 0 Å². The van der Waals surface area contributed by atoms with Crippen molar-refractivity contribution in [3.05, 3.63) is 64.5 Å². The monoisotopic (exact) mass is 475 g/mol. The minimum atomic E-state index is -0.273. The molecule has 0 radical (unpaired) electrons. The van der Waals surface area contributed by atoms with E-state index in [1.54, 1.807) is 30.1 Å². The van der Waals surface area contributed by atoms with Crippen LogP contribution in [0.1, 0.15) is 47.7 Å². The lowest BCUT2D eigenvalue weighted by Crippen LogP contribution is -2.14. The SMILES string of the molecule is COc1c(Cl)c(C)c(C(C)=O)c(OCCn2cncn2)c1OCCC(C)c1ccc(F)cc1. The van der Waals surface area contributed by atoms with Gasteiger partial charge in [-0.05, 0) is 49.4 Å². The van der Waals surface area contributed by atoms with Crippen molar-refractivity contribution in [3.8, 4) is 17.2 Å². The number of benzene rings is 2. The first-order chi connectivity index (χ1) is 15.8. The molecule has 0 spiro atoms. The Labute approximate surface area is 197 Å². The lowest BCUT2D eigenvalue weighted by Gasteiger charge is -2.22. The molecular weight excluding hydrogens is 449 g/mol. The lowest BCUT2D eigenvalue weighted by molar-refractivity contribution is 0.101. The van der Waals surface area contributed by atoms with Crippen molar-refractivity contribution in [2.75, 3.05) is 20.3 Å². The normalized spacial score (nSPS) is 11.8. The standard InChI is InChI=1S/C24H27ClFN3O4/c1-15(18-5-7-19(26)8-6-18)9-11-32-24-22(33-12-10-29-14-27-13-28-29)20(17(3)30)16(2)21(25)23(24)31-4/h5-8,13-15H,9-12H2,1-4H3. The van der Waals surface area contributed by atoms with Crippen molar-refractivity contribution >= 4 is 17.4 Å². The molecule has 0 saturated carbocycles. The van der Waals surface area contributed by atoms with Gasteiger partial charge in [-0.2, -0.15) is 5.10 Å². The summed E-state index contributed by atoms with van der Waals surface area (Å²) in [6.07, 6.45) is 3.67. The van der Waals surface area contributed by atoms with Crippen molar-refractivity contribution in [1.29, 1.82) is 0 Å². The van der Waals surface area contributed by atoms with Gasteiger partial charge in [-0.3, -0.25) is 4.79 Å². The molecule has 176 valence electrons. The summed E-state index contributed by atoms with van der Waals surface area (Å²) in [6, 6.07) is 6.40. The zero-order valence-corrected chi connectivity index (χ0v) is 19.9. The number of ether oxygens (including phenoxy) is 3. The van der Waals surface area contributed by atoms with E-state index in [2.05, 4.69) is 10.1 Å². The summed E-state index contributed by atoms with van der Waals surface area (Å²) in [5.74, 6) is 0.535. The Balaban J connectivity index is 1.85. The minimum absolute atomic E-state index is 0.126. The maximum Gasteiger partial charge on any atom is 0.205 e. The van der Waals surface area contributed by atoms with Crippen molar-refractivity contribution < 1.29 is 23.4 Å². The quantitative estimate of drug-likeness (QED) is 0.353. The third-order valence-electron chi connectivity index (χ3n) is 5.37. The van der Waals surface area contributed by atoms with Gasteiger partial charge in [0.05, 0.1) is 30.8 Å². The molecule has 2 aromatic carbocycles. The Kier molecular flexibility index (Phi) is 8.27. The second kappa shape index (κ2) is 11.1. The highest BCUT2D eigenvalue weighted by Gasteiger charge is 2.27. The molecule has 0 aliphatic heterocycles. The Morgan fingerprint density at radius 3 is 2.45 bits per heavy atom. The van der Waals surface area contributed by atoms with Gasteiger partial charge in [0.2, 0.25) is 5.75 Å². The summed E-state index contributed by atoms with van der Waals surface area (Å²) in [5, 5.41) is 4.35. The van der Waals surface area contributed by atoms with Crippen LogP contribution in [0.2, 0.25) is 5.02 Å². The number of carbonyl (C=O) groups excluding carboxylic acids is 1. The van der Waals surface area contributed by atoms with Gasteiger partial charge in [0.1, 0.15) is 25.1 Å². The highest BCUT2D eigenvalue weighted by molar-refractivity contribution is 6.34. The Bertz CT molecular complexity index is 1090. The zero-order chi connectivity index (χ0) is 24.0. The number of Topliss-reactive ketones (excluding diaryl/α,β-unsaturated/α-hetero) is 1. The zero-order valence-electron chi connectivity index (χ0n) is 19.1. The van der Waals surface area contributed by atoms with Gasteiger partial charge < -0.3 is 14.2 Å². The minimum Gasteiger partial charge on any atom is -0.491 e. The molecule has 1 atom stereocenters. The summed E-state index contributed by atoms with van der Waals surface area (Å²) in [7, 11) is 1.49. The average molecular weight is 476 g/mol. The molecule has 0 bridgehead atoms. The number of ketones is 1. The molecule has 33 heavy (non-hydrogen) atoms. The van der Waals surface area contributed by atoms with E-state index in [0.717, 1.165) is 5.56 Å². The van der Waals surface area contributed by atoms with Crippen LogP contribution in [0.15, 0.2) is 36.9 Å². The molecule has 3 aromatic rings. The molecule has 1 unspecified atom stereocenters. The molecule has 9 heteroatoms. The first kappa shape index (κ1) is 24.5. The van der Waals surface area contributed by atoms with Crippen LogP contribution < -0.4 is 14.2 Å². The largest absolute Gasteiger partial charge is 0.491 e. The maximum atomic E-state index is 13.2. The smallest absolute Gasteiger partial charge is 0.205 e. The lowest BCUT2D eigenvalue weighted by atomic mass is 9.98. The fraction of sp³-hybridized carbons (Fsp3) is 0.375. The Morgan fingerprint density at radius 1 is 1.15 bits per heavy atom. The van der Waals surface area contributed by atoms with E-state index in [9.17, 15) is 9.18 Å². The Morgan fingerprint density at radius 2 is 1.85 bits per heavy atom. The van der Waals surface area contributed by atoms with Crippen LogP contribution in [0.4, 0.5) is 4.39 Å². The van der Waals surface area contributed by atoms with E-state index in [1.165, 1.54) is 32.5 Å². The van der Waals surface area contributed by atoms with Gasteiger partial charge >= 0.3 is 0 Å². The molecule has 0 aliphatic carbocycles. The summed E-state index contributed by atoms with van der Waals surface area (Å²) in [6.45, 7) is 6.21. The molecule has 7 nitrogen and oxygen atoms in total. The summed E-state index contributed by atoms with van der Waals surface area (Å²) in [5.41, 5.74) is 1.91. The molecule has 0 amide bonds. The number of halogens is 2. The Hall–Kier alpha value is -3.13. The molecule has 0 saturated heterocycles. The number of nitrogens with zero attached hydrogens (tertiary/aromatic N) is 3. The fourth-order valence-electron chi connectivity index (χ4n) is 3.53. The van der Waals surface area contributed by atoms with Crippen LogP contribution in [0.3, 0.4) is 0 Å². The van der Waals surface area contributed by atoms with Crippen LogP contribution in [-0.4, -0.2) is 40.9 Å². The molecule has 0 fully saturated rings. The molecule has 3 rings (SSSR count). The van der Waals surface area contributed by atoms with Crippen LogP contribution in [0.25, 0.3) is 0 Å². The van der Waals surface area contributed by atoms with Gasteiger partial charge in [-0.1, -0.05) is 30.7 Å². The fourth-order valence-corrected chi connectivity index (χ4v) is 3.78. The third-order valence-corrected chi connectivity index (χ3v) is 5.82. The summed E-state index contributed by atoms with van der Waals surface area (Å²) in [4.78, 5) is 16.4. The van der Waals surface area contributed by atoms with E-state index in [0.29, 0.717) is 41.5 Å². The van der Waals surface area contributed by atoms with E-state index in [1.807, 2.05) is 6.92 Å². The number of hydrogen-bond acceptors (Lipinski definition) is 6. The van der Waals surface area contributed by atoms with Crippen LogP contribution in [-0.2, 0) is 6.54 Å². The molecule has 1 heterocycles. The molecular formula is C24H27ClFN3O4. The van der Waals surface area contributed by atoms with Crippen LogP contribution in [0, 0.1) is 12.7 Å². The third kappa shape index (κ3) is 5.82. The molecule has 0 N–H and O–H groups in total. The van der Waals surface area contributed by atoms with Crippen LogP contribution in [0.5, 0.6) is 17.2 Å². The van der Waals surface area contributed by atoms with Gasteiger partial charge in [-0.25, -0.2) is 14.1 Å². The first-order valence-electron chi connectivity index (χ1n) is 10.6. The van der Waals surface area contributed by atoms with E-state index >= 15 is 0 Å². The van der Waals surface area contributed by atoms with E-state index in [4.69, 9.17) is 25.8 Å². The summed E-state index contributed by atoms with van der Waals surface area (Å²) < 4.78 is 32.5. The second-order valence-corrected chi connectivity index (χ2v) is 8.04. The number of rotatable bonds is 11. The van der Waals surface area contributed by atoms with Gasteiger partial charge in [-0.15, -0.1) is 0 Å². The van der Waals surface area contributed by atoms with Gasteiger partial charge in [0, 0.05) is 0 Å². The van der Waals surface area contributed by atoms with E-state index < -0.39 is 0 Å². The van der Waals surface area contributed by atoms with Crippen molar-refractivity contribution in [2.45, 2.75) is 39.7 Å². The highest BCUT2D eigenvalue weighted by atomic mass is 35.5. The van der Waals surface area contributed by atoms with E-state index in [-0.39, 0.29) is 35.6 Å². The predicted molar refractivity (Wildman–Crippen MR) is 123 cm³/mol. The molecule has 0 aliphatic rings. The van der Waals surface area contributed by atoms with Crippen molar-refractivity contribution in [1.82, 2.24) is 14.8 Å². The summed E-state index contributed by atoms with van der Waals surface area (Å²) >= 11 is 6.52. The topological polar surface area (TPSA) is 75.5 Å². The number of carbonyl (C=O) groups is 1. The number of aromatic nitrogens is 3. The van der Waals surface area contributed by atoms with Crippen molar-refractivity contribution in [2.24, 2.45) is 0 Å². The first-order valence-corrected chi connectivity index (χ1v) is 11.0. The average Bonchev–Trinajstić information content (AvgIpc) is 3.30. The van der Waals surface area contributed by atoms with Gasteiger partial charge in [0.15, 0.2) is 17.3 Å². The highest BCUT2D eigenvalue weighted by Crippen LogP contribution is 2.48. The number of methoxy groups -OCH3 is 1.